The van der Waals surface area contributed by atoms with Gasteiger partial charge in [-0.1, -0.05) is 52.4 Å². The minimum Gasteiger partial charge on any atom is -0.198 e. The van der Waals surface area contributed by atoms with E-state index in [-0.39, 0.29) is 0 Å². The first kappa shape index (κ1) is 25.7. The van der Waals surface area contributed by atoms with E-state index in [1.165, 1.54) is 70.9 Å². The van der Waals surface area contributed by atoms with Gasteiger partial charge in [-0.25, -0.2) is 0 Å². The molecule has 0 aliphatic carbocycles. The molecule has 0 fully saturated rings. The molecule has 2 nitrogen and oxygen atoms in total. The molecular formula is C28H34N2S3. The van der Waals surface area contributed by atoms with Crippen molar-refractivity contribution in [2.75, 3.05) is 0 Å². The smallest absolute Gasteiger partial charge is 0.0670 e. The van der Waals surface area contributed by atoms with Crippen LogP contribution in [0.4, 0.5) is 0 Å². The van der Waals surface area contributed by atoms with Crippen molar-refractivity contribution >= 4 is 34.0 Å². The van der Waals surface area contributed by atoms with Crippen molar-refractivity contribution in [1.82, 2.24) is 0 Å². The van der Waals surface area contributed by atoms with Crippen LogP contribution in [0.2, 0.25) is 0 Å². The lowest BCUT2D eigenvalue weighted by Crippen LogP contribution is -1.95. The second-order valence-corrected chi connectivity index (χ2v) is 11.5. The average molecular weight is 495 g/mol. The Morgan fingerprint density at radius 1 is 0.667 bits per heavy atom. The molecule has 5 heteroatoms. The Hall–Kier alpha value is -1.92. The van der Waals surface area contributed by atoms with Crippen molar-refractivity contribution in [3.63, 3.8) is 0 Å². The van der Waals surface area contributed by atoms with Crippen molar-refractivity contribution < 1.29 is 0 Å². The minimum absolute atomic E-state index is 0.479. The summed E-state index contributed by atoms with van der Waals surface area (Å²) in [7, 11) is 0. The van der Waals surface area contributed by atoms with Crippen molar-refractivity contribution in [2.24, 2.45) is 0 Å². The first-order valence-electron chi connectivity index (χ1n) is 12.3. The van der Waals surface area contributed by atoms with Gasteiger partial charge in [0.25, 0.3) is 0 Å². The Kier molecular flexibility index (Phi) is 10.7. The van der Waals surface area contributed by atoms with E-state index >= 15 is 0 Å². The fraction of sp³-hybridized carbons (Fsp3) is 0.500. The first-order valence-corrected chi connectivity index (χ1v) is 14.8. The molecule has 0 saturated heterocycles. The molecule has 0 aliphatic heterocycles. The number of thiophene rings is 3. The molecule has 0 unspecified atom stereocenters. The molecule has 3 aromatic heterocycles. The van der Waals surface area contributed by atoms with Crippen LogP contribution in [-0.2, 0) is 25.7 Å². The van der Waals surface area contributed by atoms with Gasteiger partial charge in [0.05, 0.1) is 25.0 Å². The molecule has 0 spiro atoms. The normalized spacial score (nSPS) is 10.9. The van der Waals surface area contributed by atoms with E-state index in [2.05, 4.69) is 48.9 Å². The van der Waals surface area contributed by atoms with Crippen LogP contribution in [0, 0.1) is 22.7 Å². The van der Waals surface area contributed by atoms with Crippen molar-refractivity contribution in [1.29, 1.82) is 10.5 Å². The van der Waals surface area contributed by atoms with Crippen molar-refractivity contribution in [3.05, 3.63) is 45.1 Å². The van der Waals surface area contributed by atoms with Crippen molar-refractivity contribution in [2.45, 2.75) is 90.9 Å². The molecule has 0 aliphatic rings. The molecule has 33 heavy (non-hydrogen) atoms. The van der Waals surface area contributed by atoms with E-state index in [9.17, 15) is 0 Å². The number of hydrogen-bond donors (Lipinski definition) is 0. The maximum Gasteiger partial charge on any atom is 0.0670 e. The predicted molar refractivity (Wildman–Crippen MR) is 145 cm³/mol. The summed E-state index contributed by atoms with van der Waals surface area (Å²) in [5.41, 5.74) is 5.34. The number of hydrogen-bond acceptors (Lipinski definition) is 5. The van der Waals surface area contributed by atoms with E-state index in [1.807, 2.05) is 11.3 Å². The number of nitriles is 2. The lowest BCUT2D eigenvalue weighted by molar-refractivity contribution is 0.653. The quantitative estimate of drug-likeness (QED) is 0.209. The highest BCUT2D eigenvalue weighted by atomic mass is 32.1. The Morgan fingerprint density at radius 2 is 1.12 bits per heavy atom. The highest BCUT2D eigenvalue weighted by Crippen LogP contribution is 2.47. The Balaban J connectivity index is 2.03. The van der Waals surface area contributed by atoms with Crippen molar-refractivity contribution in [3.8, 4) is 31.6 Å². The van der Waals surface area contributed by atoms with Crippen LogP contribution in [0.1, 0.15) is 87.5 Å². The molecule has 174 valence electrons. The standard InChI is InChI=1S/C28H34N2S3/c1-3-5-7-9-11-23-24(12-10-8-6-4-2)28(26-18-22(14-16-30)20-32-26)33-27(23)25-17-21(13-15-29)19-31-25/h17-20H,3-14H2,1-2H3. The van der Waals surface area contributed by atoms with E-state index < -0.39 is 0 Å². The molecule has 0 atom stereocenters. The van der Waals surface area contributed by atoms with Crippen LogP contribution in [-0.4, -0.2) is 0 Å². The Labute approximate surface area is 211 Å². The summed E-state index contributed by atoms with van der Waals surface area (Å²) in [5, 5.41) is 22.6. The highest BCUT2D eigenvalue weighted by Gasteiger charge is 2.22. The van der Waals surface area contributed by atoms with Gasteiger partial charge in [0, 0.05) is 19.5 Å². The van der Waals surface area contributed by atoms with Gasteiger partial charge in [-0.2, -0.15) is 10.5 Å². The fourth-order valence-electron chi connectivity index (χ4n) is 4.24. The summed E-state index contributed by atoms with van der Waals surface area (Å²) >= 11 is 5.50. The van der Waals surface area contributed by atoms with Crippen LogP contribution < -0.4 is 0 Å². The van der Waals surface area contributed by atoms with E-state index in [0.717, 1.165) is 24.0 Å². The SMILES string of the molecule is CCCCCCc1c(-c2cc(CC#N)cs2)sc(-c2cc(CC#N)cs2)c1CCCCCC. The van der Waals surface area contributed by atoms with Crippen LogP contribution >= 0.6 is 34.0 Å². The van der Waals surface area contributed by atoms with Gasteiger partial charge in [0.1, 0.15) is 0 Å². The number of unbranched alkanes of at least 4 members (excludes halogenated alkanes) is 6. The monoisotopic (exact) mass is 494 g/mol. The van der Waals surface area contributed by atoms with Gasteiger partial charge in [-0.15, -0.1) is 34.0 Å². The Morgan fingerprint density at radius 3 is 1.52 bits per heavy atom. The van der Waals surface area contributed by atoms with Crippen LogP contribution in [0.5, 0.6) is 0 Å². The molecular weight excluding hydrogens is 461 g/mol. The summed E-state index contributed by atoms with van der Waals surface area (Å²) < 4.78 is 0. The maximum atomic E-state index is 9.14. The zero-order valence-electron chi connectivity index (χ0n) is 19.9. The van der Waals surface area contributed by atoms with Gasteiger partial charge in [0.2, 0.25) is 0 Å². The van der Waals surface area contributed by atoms with E-state index in [1.54, 1.807) is 33.8 Å². The van der Waals surface area contributed by atoms with Crippen LogP contribution in [0.3, 0.4) is 0 Å². The van der Waals surface area contributed by atoms with Gasteiger partial charge in [0.15, 0.2) is 0 Å². The average Bonchev–Trinajstić information content (AvgIpc) is 3.54. The van der Waals surface area contributed by atoms with Gasteiger partial charge in [-0.05, 0) is 70.8 Å². The lowest BCUT2D eigenvalue weighted by Gasteiger charge is -2.09. The van der Waals surface area contributed by atoms with E-state index in [4.69, 9.17) is 10.5 Å². The summed E-state index contributed by atoms with van der Waals surface area (Å²) in [5.74, 6) is 0. The molecule has 0 aromatic carbocycles. The van der Waals surface area contributed by atoms with Gasteiger partial charge in [-0.3, -0.25) is 0 Å². The molecule has 3 heterocycles. The molecule has 3 rings (SSSR count). The number of rotatable bonds is 14. The summed E-state index contributed by atoms with van der Waals surface area (Å²) in [6.45, 7) is 4.54. The zero-order chi connectivity index (χ0) is 23.5. The Bertz CT molecular complexity index is 1000. The predicted octanol–water partition coefficient (Wildman–Crippen LogP) is 9.58. The minimum atomic E-state index is 0.479. The lowest BCUT2D eigenvalue weighted by atomic mass is 9.96. The maximum absolute atomic E-state index is 9.14. The van der Waals surface area contributed by atoms with Crippen LogP contribution in [0.15, 0.2) is 22.9 Å². The molecule has 0 radical (unpaired) electrons. The highest BCUT2D eigenvalue weighted by molar-refractivity contribution is 7.26. The summed E-state index contributed by atoms with van der Waals surface area (Å²) in [6.07, 6.45) is 13.4. The second-order valence-electron chi connectivity index (χ2n) is 8.65. The van der Waals surface area contributed by atoms with Gasteiger partial charge < -0.3 is 0 Å². The van der Waals surface area contributed by atoms with E-state index in [0.29, 0.717) is 12.8 Å². The molecule has 0 bridgehead atoms. The molecule has 0 N–H and O–H groups in total. The topological polar surface area (TPSA) is 47.6 Å². The third-order valence-corrected chi connectivity index (χ3v) is 9.59. The summed E-state index contributed by atoms with van der Waals surface area (Å²) in [6, 6.07) is 9.05. The zero-order valence-corrected chi connectivity index (χ0v) is 22.4. The third-order valence-electron chi connectivity index (χ3n) is 6.00. The molecule has 3 aromatic rings. The second kappa shape index (κ2) is 13.7. The fourth-order valence-corrected chi connectivity index (χ4v) is 7.76. The summed E-state index contributed by atoms with van der Waals surface area (Å²) in [4.78, 5) is 5.45. The van der Waals surface area contributed by atoms with Gasteiger partial charge >= 0.3 is 0 Å². The largest absolute Gasteiger partial charge is 0.198 e. The molecule has 0 amide bonds. The number of nitrogens with zero attached hydrogens (tertiary/aromatic N) is 2. The molecule has 0 saturated carbocycles. The third kappa shape index (κ3) is 7.03. The first-order chi connectivity index (χ1) is 16.2. The van der Waals surface area contributed by atoms with Crippen LogP contribution in [0.25, 0.3) is 19.5 Å².